The summed E-state index contributed by atoms with van der Waals surface area (Å²) in [5.74, 6) is 0. The molecule has 2 aromatic heterocycles. The fraction of sp³-hybridized carbons (Fsp3) is 0.154. The lowest BCUT2D eigenvalue weighted by Gasteiger charge is -2.02. The minimum Gasteiger partial charge on any atom is -0.275 e. The predicted octanol–water partition coefficient (Wildman–Crippen LogP) is 3.08. The van der Waals surface area contributed by atoms with E-state index in [2.05, 4.69) is 37.6 Å². The Morgan fingerprint density at radius 1 is 1.50 bits per heavy atom. The molecule has 0 atom stereocenters. The fourth-order valence-electron chi connectivity index (χ4n) is 1.56. The van der Waals surface area contributed by atoms with Gasteiger partial charge in [-0.2, -0.15) is 5.10 Å². The van der Waals surface area contributed by atoms with Gasteiger partial charge in [-0.25, -0.2) is 4.99 Å². The number of aromatic nitrogens is 3. The van der Waals surface area contributed by atoms with Gasteiger partial charge in [-0.05, 0) is 35.0 Å². The van der Waals surface area contributed by atoms with Gasteiger partial charge in [-0.15, -0.1) is 0 Å². The molecule has 0 aliphatic rings. The number of nitrogens with zero attached hydrogens (tertiary/aromatic N) is 4. The Labute approximate surface area is 114 Å². The Bertz CT molecular complexity index is 613. The second-order valence-corrected chi connectivity index (χ2v) is 4.82. The monoisotopic (exact) mass is 304 g/mol. The van der Waals surface area contributed by atoms with Crippen LogP contribution in [0.2, 0.25) is 0 Å². The molecule has 0 bridgehead atoms. The first-order valence-corrected chi connectivity index (χ1v) is 6.20. The van der Waals surface area contributed by atoms with Crippen molar-refractivity contribution < 1.29 is 0 Å². The van der Waals surface area contributed by atoms with Gasteiger partial charge in [0.25, 0.3) is 0 Å². The van der Waals surface area contributed by atoms with Crippen molar-refractivity contribution in [2.75, 3.05) is 0 Å². The number of halogens is 1. The Balaban J connectivity index is 2.33. The molecule has 0 unspecified atom stereocenters. The highest BCUT2D eigenvalue weighted by atomic mass is 79.9. The average Bonchev–Trinajstić information content (AvgIpc) is 2.74. The lowest BCUT2D eigenvalue weighted by molar-refractivity contribution is 0.768. The number of rotatable bonds is 3. The summed E-state index contributed by atoms with van der Waals surface area (Å²) in [4.78, 5) is 8.65. The zero-order valence-corrected chi connectivity index (χ0v) is 11.8. The number of aryl methyl sites for hydroxylation is 2. The molecule has 18 heavy (non-hydrogen) atoms. The van der Waals surface area contributed by atoms with E-state index in [0.717, 1.165) is 22.5 Å². The molecule has 0 aliphatic carbocycles. The van der Waals surface area contributed by atoms with Gasteiger partial charge in [0.1, 0.15) is 0 Å². The smallest absolute Gasteiger partial charge is 0.0984 e. The van der Waals surface area contributed by atoms with E-state index in [1.54, 1.807) is 17.1 Å². The van der Waals surface area contributed by atoms with E-state index in [-0.39, 0.29) is 0 Å². The lowest BCUT2D eigenvalue weighted by atomic mass is 10.1. The fourth-order valence-corrected chi connectivity index (χ4v) is 1.66. The van der Waals surface area contributed by atoms with Crippen LogP contribution in [0.1, 0.15) is 11.3 Å². The van der Waals surface area contributed by atoms with Gasteiger partial charge in [-0.1, -0.05) is 6.58 Å². The Kier molecular flexibility index (Phi) is 3.72. The van der Waals surface area contributed by atoms with Crippen molar-refractivity contribution in [3.8, 4) is 11.3 Å². The quantitative estimate of drug-likeness (QED) is 0.646. The van der Waals surface area contributed by atoms with E-state index in [1.807, 2.05) is 32.3 Å². The second-order valence-electron chi connectivity index (χ2n) is 3.91. The summed E-state index contributed by atoms with van der Waals surface area (Å²) >= 11 is 3.19. The normalized spacial score (nSPS) is 11.1. The third-order valence-electron chi connectivity index (χ3n) is 2.47. The zero-order valence-electron chi connectivity index (χ0n) is 10.3. The van der Waals surface area contributed by atoms with E-state index in [9.17, 15) is 0 Å². The Morgan fingerprint density at radius 3 is 2.83 bits per heavy atom. The molecule has 0 aliphatic heterocycles. The summed E-state index contributed by atoms with van der Waals surface area (Å²) in [6.07, 6.45) is 5.48. The van der Waals surface area contributed by atoms with Crippen LogP contribution in [0.15, 0.2) is 40.7 Å². The molecule has 4 nitrogen and oxygen atoms in total. The Morgan fingerprint density at radius 2 is 2.28 bits per heavy atom. The SMILES string of the molecule is C=C(Br)N=Cc1ccc(-c2cnn(C)c2)nc1C. The van der Waals surface area contributed by atoms with Crippen LogP contribution in [-0.2, 0) is 7.05 Å². The highest BCUT2D eigenvalue weighted by molar-refractivity contribution is 9.11. The molecule has 0 saturated heterocycles. The van der Waals surface area contributed by atoms with Gasteiger partial charge in [0.2, 0.25) is 0 Å². The van der Waals surface area contributed by atoms with E-state index >= 15 is 0 Å². The standard InChI is InChI=1S/C13H13BrN4/c1-9-11(6-15-10(2)14)4-5-13(17-9)12-7-16-18(3)8-12/h4-8H,2H2,1,3H3. The predicted molar refractivity (Wildman–Crippen MR) is 76.8 cm³/mol. The van der Waals surface area contributed by atoms with E-state index in [0.29, 0.717) is 4.61 Å². The lowest BCUT2D eigenvalue weighted by Crippen LogP contribution is -1.93. The topological polar surface area (TPSA) is 43.1 Å². The number of hydrogen-bond donors (Lipinski definition) is 0. The molecule has 0 N–H and O–H groups in total. The maximum atomic E-state index is 4.55. The first kappa shape index (κ1) is 12.7. The van der Waals surface area contributed by atoms with Crippen molar-refractivity contribution in [1.82, 2.24) is 14.8 Å². The molecule has 0 radical (unpaired) electrons. The average molecular weight is 305 g/mol. The summed E-state index contributed by atoms with van der Waals surface area (Å²) in [6.45, 7) is 5.61. The van der Waals surface area contributed by atoms with Gasteiger partial charge in [0.15, 0.2) is 0 Å². The van der Waals surface area contributed by atoms with Crippen LogP contribution in [0.25, 0.3) is 11.3 Å². The molecule has 0 amide bonds. The van der Waals surface area contributed by atoms with Crippen molar-refractivity contribution in [1.29, 1.82) is 0 Å². The first-order chi connectivity index (χ1) is 8.56. The van der Waals surface area contributed by atoms with Gasteiger partial charge in [0.05, 0.1) is 16.5 Å². The molecular weight excluding hydrogens is 292 g/mol. The summed E-state index contributed by atoms with van der Waals surface area (Å²) in [5.41, 5.74) is 3.82. The molecule has 5 heteroatoms. The molecule has 0 fully saturated rings. The third-order valence-corrected chi connectivity index (χ3v) is 2.68. The van der Waals surface area contributed by atoms with Crippen molar-refractivity contribution in [3.05, 3.63) is 47.0 Å². The van der Waals surface area contributed by atoms with Crippen LogP contribution < -0.4 is 0 Å². The molecule has 0 saturated carbocycles. The van der Waals surface area contributed by atoms with Crippen LogP contribution in [0.3, 0.4) is 0 Å². The van der Waals surface area contributed by atoms with Gasteiger partial charge >= 0.3 is 0 Å². The highest BCUT2D eigenvalue weighted by Gasteiger charge is 2.04. The van der Waals surface area contributed by atoms with Crippen molar-refractivity contribution in [3.63, 3.8) is 0 Å². The van der Waals surface area contributed by atoms with Crippen LogP contribution in [-0.4, -0.2) is 21.0 Å². The van der Waals surface area contributed by atoms with Crippen LogP contribution in [0, 0.1) is 6.92 Å². The second kappa shape index (κ2) is 5.27. The van der Waals surface area contributed by atoms with Gasteiger partial charge in [-0.3, -0.25) is 9.67 Å². The summed E-state index contributed by atoms with van der Waals surface area (Å²) in [6, 6.07) is 3.95. The van der Waals surface area contributed by atoms with Crippen LogP contribution in [0.5, 0.6) is 0 Å². The van der Waals surface area contributed by atoms with E-state index in [1.165, 1.54) is 0 Å². The van der Waals surface area contributed by atoms with Crippen LogP contribution >= 0.6 is 15.9 Å². The molecule has 0 aromatic carbocycles. The number of aliphatic imine (C=N–C) groups is 1. The van der Waals surface area contributed by atoms with Crippen molar-refractivity contribution >= 4 is 22.1 Å². The minimum atomic E-state index is 0.596. The number of hydrogen-bond acceptors (Lipinski definition) is 3. The molecule has 0 spiro atoms. The highest BCUT2D eigenvalue weighted by Crippen LogP contribution is 2.17. The van der Waals surface area contributed by atoms with Crippen molar-refractivity contribution in [2.45, 2.75) is 6.92 Å². The largest absolute Gasteiger partial charge is 0.275 e. The zero-order chi connectivity index (χ0) is 13.1. The van der Waals surface area contributed by atoms with Crippen molar-refractivity contribution in [2.24, 2.45) is 12.0 Å². The minimum absolute atomic E-state index is 0.596. The molecule has 2 aromatic rings. The maximum absolute atomic E-state index is 4.55. The molecular formula is C13H13BrN4. The summed E-state index contributed by atoms with van der Waals surface area (Å²) in [7, 11) is 1.89. The maximum Gasteiger partial charge on any atom is 0.0984 e. The first-order valence-electron chi connectivity index (χ1n) is 5.41. The molecule has 2 rings (SSSR count). The number of pyridine rings is 1. The summed E-state index contributed by atoms with van der Waals surface area (Å²) in [5, 5.41) is 4.14. The Hall–Kier alpha value is -1.75. The van der Waals surface area contributed by atoms with Crippen LogP contribution in [0.4, 0.5) is 0 Å². The summed E-state index contributed by atoms with van der Waals surface area (Å²) < 4.78 is 2.36. The van der Waals surface area contributed by atoms with E-state index in [4.69, 9.17) is 0 Å². The van der Waals surface area contributed by atoms with Gasteiger partial charge < -0.3 is 0 Å². The van der Waals surface area contributed by atoms with Gasteiger partial charge in [0, 0.05) is 36.3 Å². The molecule has 92 valence electrons. The van der Waals surface area contributed by atoms with E-state index < -0.39 is 0 Å². The molecule has 2 heterocycles. The third kappa shape index (κ3) is 2.92.